The number of benzene rings is 3. The normalized spacial score (nSPS) is 10.3. The Kier molecular flexibility index (Phi) is 6.34. The van der Waals surface area contributed by atoms with Gasteiger partial charge < -0.3 is 10.1 Å². The molecule has 3 nitrogen and oxygen atoms in total. The number of carbonyl (C=O) groups excluding carboxylic acids is 1. The van der Waals surface area contributed by atoms with Gasteiger partial charge in [-0.15, -0.1) is 0 Å². The van der Waals surface area contributed by atoms with Crippen molar-refractivity contribution >= 4 is 23.4 Å². The summed E-state index contributed by atoms with van der Waals surface area (Å²) in [6, 6.07) is 25.1. The van der Waals surface area contributed by atoms with Crippen LogP contribution in [0.3, 0.4) is 0 Å². The third kappa shape index (κ3) is 5.14. The fraction of sp³-hybridized carbons (Fsp3) is 0.136. The van der Waals surface area contributed by atoms with Gasteiger partial charge in [-0.25, -0.2) is 0 Å². The molecular formula is C22H21NO2S. The molecule has 26 heavy (non-hydrogen) atoms. The molecule has 3 aromatic carbocycles. The molecule has 0 aliphatic heterocycles. The molecule has 1 amide bonds. The van der Waals surface area contributed by atoms with Gasteiger partial charge in [0.25, 0.3) is 5.91 Å². The lowest BCUT2D eigenvalue weighted by Gasteiger charge is -2.09. The Morgan fingerprint density at radius 2 is 1.58 bits per heavy atom. The quantitative estimate of drug-likeness (QED) is 0.612. The molecule has 0 aromatic heterocycles. The van der Waals surface area contributed by atoms with Crippen molar-refractivity contribution in [2.45, 2.75) is 12.4 Å². The van der Waals surface area contributed by atoms with Crippen molar-refractivity contribution in [3.63, 3.8) is 0 Å². The zero-order valence-corrected chi connectivity index (χ0v) is 15.5. The SMILES string of the molecule is CSCc1ccc(C(=O)Nc2ccc(OCc3ccccc3)cc2)cc1. The third-order valence-corrected chi connectivity index (χ3v) is 4.51. The van der Waals surface area contributed by atoms with Crippen molar-refractivity contribution in [3.8, 4) is 5.75 Å². The van der Waals surface area contributed by atoms with Crippen LogP contribution in [-0.4, -0.2) is 12.2 Å². The minimum absolute atomic E-state index is 0.112. The topological polar surface area (TPSA) is 38.3 Å². The maximum Gasteiger partial charge on any atom is 0.255 e. The zero-order valence-electron chi connectivity index (χ0n) is 14.6. The minimum Gasteiger partial charge on any atom is -0.489 e. The average molecular weight is 363 g/mol. The number of amides is 1. The average Bonchev–Trinajstić information content (AvgIpc) is 2.69. The molecule has 1 N–H and O–H groups in total. The van der Waals surface area contributed by atoms with Gasteiger partial charge in [-0.05, 0) is 53.8 Å². The number of thioether (sulfide) groups is 1. The first-order valence-corrected chi connectivity index (χ1v) is 9.80. The third-order valence-electron chi connectivity index (χ3n) is 3.89. The molecule has 132 valence electrons. The van der Waals surface area contributed by atoms with Crippen LogP contribution in [0.4, 0.5) is 5.69 Å². The number of hydrogen-bond acceptors (Lipinski definition) is 3. The van der Waals surface area contributed by atoms with Crippen molar-refractivity contribution in [2.75, 3.05) is 11.6 Å². The lowest BCUT2D eigenvalue weighted by molar-refractivity contribution is 0.102. The van der Waals surface area contributed by atoms with Gasteiger partial charge in [0, 0.05) is 17.0 Å². The van der Waals surface area contributed by atoms with E-state index < -0.39 is 0 Å². The predicted molar refractivity (Wildman–Crippen MR) is 109 cm³/mol. The Bertz CT molecular complexity index is 830. The molecule has 0 unspecified atom stereocenters. The van der Waals surface area contributed by atoms with Crippen LogP contribution in [-0.2, 0) is 12.4 Å². The van der Waals surface area contributed by atoms with Gasteiger partial charge >= 0.3 is 0 Å². The number of ether oxygens (including phenoxy) is 1. The summed E-state index contributed by atoms with van der Waals surface area (Å²) in [5, 5.41) is 2.91. The summed E-state index contributed by atoms with van der Waals surface area (Å²) in [4.78, 5) is 12.3. The van der Waals surface area contributed by atoms with Crippen LogP contribution in [0.25, 0.3) is 0 Å². The monoisotopic (exact) mass is 363 g/mol. The summed E-state index contributed by atoms with van der Waals surface area (Å²) in [6.07, 6.45) is 2.06. The highest BCUT2D eigenvalue weighted by Gasteiger charge is 2.06. The molecule has 0 saturated carbocycles. The van der Waals surface area contributed by atoms with Crippen molar-refractivity contribution < 1.29 is 9.53 Å². The van der Waals surface area contributed by atoms with E-state index in [1.165, 1.54) is 5.56 Å². The number of anilines is 1. The molecule has 0 heterocycles. The summed E-state index contributed by atoms with van der Waals surface area (Å²) in [5.74, 6) is 1.61. The first-order chi connectivity index (χ1) is 12.7. The fourth-order valence-corrected chi connectivity index (χ4v) is 3.02. The van der Waals surface area contributed by atoms with Crippen LogP contribution in [0.5, 0.6) is 5.75 Å². The standard InChI is InChI=1S/C22H21NO2S/c1-26-16-18-7-9-19(10-8-18)22(24)23-20-11-13-21(14-12-20)25-15-17-5-3-2-4-6-17/h2-14H,15-16H2,1H3,(H,23,24). The predicted octanol–water partition coefficient (Wildman–Crippen LogP) is 5.38. The summed E-state index contributed by atoms with van der Waals surface area (Å²) in [6.45, 7) is 0.523. The molecule has 0 radical (unpaired) electrons. The molecule has 0 spiro atoms. The van der Waals surface area contributed by atoms with E-state index in [4.69, 9.17) is 4.74 Å². The van der Waals surface area contributed by atoms with E-state index in [1.807, 2.05) is 78.9 Å². The lowest BCUT2D eigenvalue weighted by atomic mass is 10.1. The fourth-order valence-electron chi connectivity index (χ4n) is 2.50. The Hall–Kier alpha value is -2.72. The van der Waals surface area contributed by atoms with Crippen LogP contribution in [0, 0.1) is 0 Å². The molecule has 0 bridgehead atoms. The van der Waals surface area contributed by atoms with E-state index in [-0.39, 0.29) is 5.91 Å². The smallest absolute Gasteiger partial charge is 0.255 e. The second-order valence-electron chi connectivity index (χ2n) is 5.88. The van der Waals surface area contributed by atoms with Gasteiger partial charge in [-0.2, -0.15) is 11.8 Å². The first-order valence-electron chi connectivity index (χ1n) is 8.40. The van der Waals surface area contributed by atoms with Gasteiger partial charge in [0.2, 0.25) is 0 Å². The molecule has 0 saturated heterocycles. The van der Waals surface area contributed by atoms with Crippen LogP contribution >= 0.6 is 11.8 Å². The van der Waals surface area contributed by atoms with Crippen molar-refractivity contribution in [2.24, 2.45) is 0 Å². The molecule has 3 aromatic rings. The molecule has 4 heteroatoms. The van der Waals surface area contributed by atoms with Gasteiger partial charge in [-0.1, -0.05) is 42.5 Å². The Morgan fingerprint density at radius 1 is 0.885 bits per heavy atom. The number of carbonyl (C=O) groups is 1. The van der Waals surface area contributed by atoms with Crippen LogP contribution in [0.1, 0.15) is 21.5 Å². The summed E-state index contributed by atoms with van der Waals surface area (Å²) < 4.78 is 5.76. The van der Waals surface area contributed by atoms with E-state index in [0.29, 0.717) is 12.2 Å². The maximum absolute atomic E-state index is 12.3. The Balaban J connectivity index is 1.55. The lowest BCUT2D eigenvalue weighted by Crippen LogP contribution is -2.11. The molecule has 0 aliphatic rings. The highest BCUT2D eigenvalue weighted by atomic mass is 32.2. The summed E-state index contributed by atoms with van der Waals surface area (Å²) >= 11 is 1.76. The highest BCUT2D eigenvalue weighted by Crippen LogP contribution is 2.18. The highest BCUT2D eigenvalue weighted by molar-refractivity contribution is 7.97. The molecular weight excluding hydrogens is 342 g/mol. The summed E-state index contributed by atoms with van der Waals surface area (Å²) in [5.41, 5.74) is 3.73. The number of rotatable bonds is 7. The van der Waals surface area contributed by atoms with Gasteiger partial charge in [-0.3, -0.25) is 4.79 Å². The van der Waals surface area contributed by atoms with Gasteiger partial charge in [0.05, 0.1) is 0 Å². The number of hydrogen-bond donors (Lipinski definition) is 1. The zero-order chi connectivity index (χ0) is 18.2. The van der Waals surface area contributed by atoms with E-state index in [1.54, 1.807) is 11.8 Å². The largest absolute Gasteiger partial charge is 0.489 e. The molecule has 0 fully saturated rings. The van der Waals surface area contributed by atoms with Crippen molar-refractivity contribution in [1.82, 2.24) is 0 Å². The van der Waals surface area contributed by atoms with Crippen LogP contribution < -0.4 is 10.1 Å². The molecule has 0 atom stereocenters. The van der Waals surface area contributed by atoms with Gasteiger partial charge in [0.15, 0.2) is 0 Å². The molecule has 3 rings (SSSR count). The van der Waals surface area contributed by atoms with Gasteiger partial charge in [0.1, 0.15) is 12.4 Å². The maximum atomic E-state index is 12.3. The summed E-state index contributed by atoms with van der Waals surface area (Å²) in [7, 11) is 0. The second-order valence-corrected chi connectivity index (χ2v) is 6.75. The van der Waals surface area contributed by atoms with Crippen LogP contribution in [0.15, 0.2) is 78.9 Å². The Labute approximate surface area is 158 Å². The number of nitrogens with one attached hydrogen (secondary N) is 1. The first kappa shape index (κ1) is 18.1. The van der Waals surface area contributed by atoms with E-state index in [9.17, 15) is 4.79 Å². The van der Waals surface area contributed by atoms with E-state index in [2.05, 4.69) is 11.6 Å². The van der Waals surface area contributed by atoms with Crippen molar-refractivity contribution in [1.29, 1.82) is 0 Å². The van der Waals surface area contributed by atoms with Crippen LogP contribution in [0.2, 0.25) is 0 Å². The Morgan fingerprint density at radius 3 is 2.23 bits per heavy atom. The second kappa shape index (κ2) is 9.11. The van der Waals surface area contributed by atoms with E-state index in [0.717, 1.165) is 22.8 Å². The van der Waals surface area contributed by atoms with E-state index >= 15 is 0 Å². The minimum atomic E-state index is -0.112. The van der Waals surface area contributed by atoms with Crippen molar-refractivity contribution in [3.05, 3.63) is 95.6 Å². The molecule has 0 aliphatic carbocycles.